The van der Waals surface area contributed by atoms with Gasteiger partial charge in [-0.3, -0.25) is 4.90 Å². The predicted molar refractivity (Wildman–Crippen MR) is 54.6 cm³/mol. The predicted octanol–water partition coefficient (Wildman–Crippen LogP) is 3.16. The molecule has 0 saturated carbocycles. The maximum absolute atomic E-state index is 12.2. The Morgan fingerprint density at radius 2 is 1.93 bits per heavy atom. The van der Waals surface area contributed by atoms with E-state index in [0.29, 0.717) is 30.8 Å². The number of rotatable bonds is 2. The summed E-state index contributed by atoms with van der Waals surface area (Å²) in [5.41, 5.74) is 0. The van der Waals surface area contributed by atoms with Crippen LogP contribution in [0.3, 0.4) is 0 Å². The molecule has 15 heavy (non-hydrogen) atoms. The Labute approximate surface area is 89.6 Å². The van der Waals surface area contributed by atoms with Crippen LogP contribution in [-0.2, 0) is 0 Å². The van der Waals surface area contributed by atoms with Gasteiger partial charge in [0.25, 0.3) is 0 Å². The summed E-state index contributed by atoms with van der Waals surface area (Å²) < 4.78 is 36.5. The molecule has 1 aliphatic rings. The number of alkyl halides is 3. The first-order valence-corrected chi connectivity index (χ1v) is 5.58. The van der Waals surface area contributed by atoms with Gasteiger partial charge in [0, 0.05) is 6.54 Å². The van der Waals surface area contributed by atoms with Crippen LogP contribution in [0.5, 0.6) is 0 Å². The molecule has 0 aromatic carbocycles. The summed E-state index contributed by atoms with van der Waals surface area (Å²) in [6.45, 7) is 6.80. The zero-order valence-corrected chi connectivity index (χ0v) is 9.64. The van der Waals surface area contributed by atoms with E-state index in [4.69, 9.17) is 0 Å². The maximum atomic E-state index is 12.2. The van der Waals surface area contributed by atoms with Gasteiger partial charge in [-0.15, -0.1) is 0 Å². The van der Waals surface area contributed by atoms with Gasteiger partial charge in [0.1, 0.15) is 0 Å². The molecule has 0 spiro atoms. The van der Waals surface area contributed by atoms with Gasteiger partial charge in [-0.1, -0.05) is 20.8 Å². The first-order chi connectivity index (χ1) is 6.79. The van der Waals surface area contributed by atoms with Crippen molar-refractivity contribution in [3.05, 3.63) is 0 Å². The topological polar surface area (TPSA) is 3.24 Å². The Morgan fingerprint density at radius 1 is 1.33 bits per heavy atom. The Bertz CT molecular complexity index is 200. The summed E-state index contributed by atoms with van der Waals surface area (Å²) >= 11 is 0. The second kappa shape index (κ2) is 4.73. The first-order valence-electron chi connectivity index (χ1n) is 5.58. The molecule has 2 atom stereocenters. The Balaban J connectivity index is 2.44. The fraction of sp³-hybridized carbons (Fsp3) is 1.00. The second-order valence-electron chi connectivity index (χ2n) is 5.02. The van der Waals surface area contributed by atoms with E-state index in [2.05, 4.69) is 20.8 Å². The van der Waals surface area contributed by atoms with Crippen molar-refractivity contribution >= 4 is 0 Å². The minimum atomic E-state index is -4.05. The summed E-state index contributed by atoms with van der Waals surface area (Å²) in [5, 5.41) is 0. The number of hydrogen-bond acceptors (Lipinski definition) is 1. The van der Waals surface area contributed by atoms with Crippen molar-refractivity contribution in [2.75, 3.05) is 19.6 Å². The van der Waals surface area contributed by atoms with E-state index < -0.39 is 12.7 Å². The second-order valence-corrected chi connectivity index (χ2v) is 5.02. The van der Waals surface area contributed by atoms with Gasteiger partial charge in [-0.2, -0.15) is 13.2 Å². The van der Waals surface area contributed by atoms with Crippen molar-refractivity contribution in [1.82, 2.24) is 4.90 Å². The zero-order valence-electron chi connectivity index (χ0n) is 9.64. The van der Waals surface area contributed by atoms with Gasteiger partial charge in [-0.05, 0) is 30.7 Å². The van der Waals surface area contributed by atoms with Crippen molar-refractivity contribution in [3.8, 4) is 0 Å². The molecule has 90 valence electrons. The normalized spacial score (nSPS) is 29.8. The number of likely N-dealkylation sites (tertiary alicyclic amines) is 1. The molecule has 0 radical (unpaired) electrons. The van der Waals surface area contributed by atoms with Gasteiger partial charge >= 0.3 is 6.18 Å². The summed E-state index contributed by atoms with van der Waals surface area (Å²) in [6, 6.07) is 0. The molecule has 1 aliphatic heterocycles. The monoisotopic (exact) mass is 223 g/mol. The quantitative estimate of drug-likeness (QED) is 0.695. The van der Waals surface area contributed by atoms with Gasteiger partial charge in [-0.25, -0.2) is 0 Å². The van der Waals surface area contributed by atoms with Gasteiger partial charge in [0.15, 0.2) is 0 Å². The lowest BCUT2D eigenvalue weighted by Gasteiger charge is -2.39. The molecule has 1 nitrogen and oxygen atoms in total. The summed E-state index contributed by atoms with van der Waals surface area (Å²) in [6.07, 6.45) is -3.15. The van der Waals surface area contributed by atoms with Crippen LogP contribution in [0.15, 0.2) is 0 Å². The SMILES string of the molecule is CC(C)C1CCN(CC(F)(F)F)CC1C. The van der Waals surface area contributed by atoms with Crippen LogP contribution in [0.25, 0.3) is 0 Å². The van der Waals surface area contributed by atoms with E-state index >= 15 is 0 Å². The van der Waals surface area contributed by atoms with Crippen molar-refractivity contribution in [3.63, 3.8) is 0 Å². The number of nitrogens with zero attached hydrogens (tertiary/aromatic N) is 1. The van der Waals surface area contributed by atoms with Crippen molar-refractivity contribution in [2.45, 2.75) is 33.4 Å². The number of piperidine rings is 1. The molecule has 0 aromatic heterocycles. The lowest BCUT2D eigenvalue weighted by molar-refractivity contribution is -0.151. The maximum Gasteiger partial charge on any atom is 0.401 e. The van der Waals surface area contributed by atoms with Gasteiger partial charge in [0.05, 0.1) is 6.54 Å². The van der Waals surface area contributed by atoms with Crippen LogP contribution in [-0.4, -0.2) is 30.7 Å². The van der Waals surface area contributed by atoms with Crippen LogP contribution >= 0.6 is 0 Å². The third kappa shape index (κ3) is 4.01. The highest BCUT2D eigenvalue weighted by Gasteiger charge is 2.35. The van der Waals surface area contributed by atoms with E-state index in [1.165, 1.54) is 4.90 Å². The standard InChI is InChI=1S/C11H20F3N/c1-8(2)10-4-5-15(6-9(10)3)7-11(12,13)14/h8-10H,4-7H2,1-3H3. The van der Waals surface area contributed by atoms with E-state index in [-0.39, 0.29) is 0 Å². The minimum absolute atomic E-state index is 0.376. The summed E-state index contributed by atoms with van der Waals surface area (Å²) in [4.78, 5) is 1.53. The van der Waals surface area contributed by atoms with E-state index in [1.54, 1.807) is 0 Å². The highest BCUT2D eigenvalue weighted by Crippen LogP contribution is 2.30. The van der Waals surface area contributed by atoms with E-state index in [1.807, 2.05) is 0 Å². The Morgan fingerprint density at radius 3 is 2.33 bits per heavy atom. The molecule has 1 rings (SSSR count). The van der Waals surface area contributed by atoms with Crippen molar-refractivity contribution < 1.29 is 13.2 Å². The molecule has 1 saturated heterocycles. The van der Waals surface area contributed by atoms with Crippen molar-refractivity contribution in [1.29, 1.82) is 0 Å². The third-order valence-corrected chi connectivity index (χ3v) is 3.31. The molecule has 2 unspecified atom stereocenters. The van der Waals surface area contributed by atoms with Crippen molar-refractivity contribution in [2.24, 2.45) is 17.8 Å². The molecular formula is C11H20F3N. The minimum Gasteiger partial charge on any atom is -0.295 e. The molecule has 0 N–H and O–H groups in total. The molecule has 0 aromatic rings. The Hall–Kier alpha value is -0.250. The largest absolute Gasteiger partial charge is 0.401 e. The lowest BCUT2D eigenvalue weighted by atomic mass is 9.79. The van der Waals surface area contributed by atoms with Crippen LogP contribution < -0.4 is 0 Å². The number of halogens is 3. The average Bonchev–Trinajstić information content (AvgIpc) is 1.99. The van der Waals surface area contributed by atoms with Gasteiger partial charge < -0.3 is 0 Å². The van der Waals surface area contributed by atoms with Crippen LogP contribution in [0.4, 0.5) is 13.2 Å². The Kier molecular flexibility index (Phi) is 4.04. The summed E-state index contributed by atoms with van der Waals surface area (Å²) in [5.74, 6) is 1.53. The summed E-state index contributed by atoms with van der Waals surface area (Å²) in [7, 11) is 0. The highest BCUT2D eigenvalue weighted by atomic mass is 19.4. The first kappa shape index (κ1) is 12.8. The van der Waals surface area contributed by atoms with Crippen LogP contribution in [0.2, 0.25) is 0 Å². The molecule has 0 bridgehead atoms. The smallest absolute Gasteiger partial charge is 0.295 e. The van der Waals surface area contributed by atoms with E-state index in [9.17, 15) is 13.2 Å². The number of hydrogen-bond donors (Lipinski definition) is 0. The van der Waals surface area contributed by atoms with E-state index in [0.717, 1.165) is 6.42 Å². The molecule has 4 heteroatoms. The zero-order chi connectivity index (χ0) is 11.6. The third-order valence-electron chi connectivity index (χ3n) is 3.31. The van der Waals surface area contributed by atoms with Crippen LogP contribution in [0.1, 0.15) is 27.2 Å². The fourth-order valence-electron chi connectivity index (χ4n) is 2.64. The van der Waals surface area contributed by atoms with Gasteiger partial charge in [0.2, 0.25) is 0 Å². The molecule has 1 fully saturated rings. The molecule has 0 amide bonds. The molecular weight excluding hydrogens is 203 g/mol. The van der Waals surface area contributed by atoms with Crippen LogP contribution in [0, 0.1) is 17.8 Å². The highest BCUT2D eigenvalue weighted by molar-refractivity contribution is 4.80. The average molecular weight is 223 g/mol. The molecule has 1 heterocycles. The molecule has 0 aliphatic carbocycles. The fourth-order valence-corrected chi connectivity index (χ4v) is 2.64. The lowest BCUT2D eigenvalue weighted by Crippen LogP contribution is -2.44.